The number of benzene rings is 1. The normalized spacial score (nSPS) is 17.6. The molecule has 1 aromatic rings. The SMILES string of the molecule is CC[C@H](C)[C@@H](NC(=O)c1ccc(C)c(S(=O)(=O)N2CCCCC2)c1)C(=O)OC. The van der Waals surface area contributed by atoms with Crippen LogP contribution in [0.4, 0.5) is 0 Å². The highest BCUT2D eigenvalue weighted by Crippen LogP contribution is 2.24. The highest BCUT2D eigenvalue weighted by Gasteiger charge is 2.30. The van der Waals surface area contributed by atoms with Crippen molar-refractivity contribution in [1.29, 1.82) is 0 Å². The fourth-order valence-corrected chi connectivity index (χ4v) is 5.05. The molecule has 1 amide bonds. The van der Waals surface area contributed by atoms with Gasteiger partial charge in [-0.3, -0.25) is 4.79 Å². The van der Waals surface area contributed by atoms with Gasteiger partial charge in [-0.25, -0.2) is 13.2 Å². The molecule has 1 aliphatic rings. The first kappa shape index (κ1) is 22.4. The first-order valence-electron chi connectivity index (χ1n) is 9.71. The van der Waals surface area contributed by atoms with E-state index in [0.29, 0.717) is 25.1 Å². The lowest BCUT2D eigenvalue weighted by atomic mass is 9.98. The van der Waals surface area contributed by atoms with E-state index in [0.717, 1.165) is 19.3 Å². The maximum Gasteiger partial charge on any atom is 0.328 e. The zero-order chi connectivity index (χ0) is 20.9. The van der Waals surface area contributed by atoms with Crippen LogP contribution in [0.5, 0.6) is 0 Å². The summed E-state index contributed by atoms with van der Waals surface area (Å²) < 4.78 is 32.3. The fourth-order valence-electron chi connectivity index (χ4n) is 3.28. The van der Waals surface area contributed by atoms with E-state index >= 15 is 0 Å². The first-order valence-corrected chi connectivity index (χ1v) is 11.2. The highest BCUT2D eigenvalue weighted by atomic mass is 32.2. The van der Waals surface area contributed by atoms with Crippen LogP contribution in [0.25, 0.3) is 0 Å². The number of methoxy groups -OCH3 is 1. The molecule has 1 saturated heterocycles. The number of nitrogens with zero attached hydrogens (tertiary/aromatic N) is 1. The Morgan fingerprint density at radius 3 is 2.43 bits per heavy atom. The molecule has 28 heavy (non-hydrogen) atoms. The second-order valence-corrected chi connectivity index (χ2v) is 9.21. The standard InChI is InChI=1S/C20H30N2O5S/c1-5-14(2)18(20(24)27-4)21-19(23)16-10-9-15(3)17(13-16)28(25,26)22-11-7-6-8-12-22/h9-10,13-14,18H,5-8,11-12H2,1-4H3,(H,21,23)/t14-,18+/m0/s1. The molecule has 2 atom stereocenters. The Hall–Kier alpha value is -1.93. The Morgan fingerprint density at radius 1 is 1.21 bits per heavy atom. The summed E-state index contributed by atoms with van der Waals surface area (Å²) in [6.07, 6.45) is 3.39. The Kier molecular flexibility index (Phi) is 7.60. The van der Waals surface area contributed by atoms with Crippen LogP contribution < -0.4 is 5.32 Å². The monoisotopic (exact) mass is 410 g/mol. The van der Waals surface area contributed by atoms with E-state index in [9.17, 15) is 18.0 Å². The molecule has 0 saturated carbocycles. The largest absolute Gasteiger partial charge is 0.467 e. The topological polar surface area (TPSA) is 92.8 Å². The molecule has 1 aromatic carbocycles. The van der Waals surface area contributed by atoms with Gasteiger partial charge in [0, 0.05) is 18.7 Å². The second kappa shape index (κ2) is 9.52. The number of rotatable bonds is 7. The van der Waals surface area contributed by atoms with Gasteiger partial charge in [0.15, 0.2) is 0 Å². The summed E-state index contributed by atoms with van der Waals surface area (Å²) in [5.74, 6) is -1.12. The number of aryl methyl sites for hydroxylation is 1. The maximum absolute atomic E-state index is 13.0. The quantitative estimate of drug-likeness (QED) is 0.697. The van der Waals surface area contributed by atoms with Gasteiger partial charge in [0.05, 0.1) is 12.0 Å². The van der Waals surface area contributed by atoms with Crippen molar-refractivity contribution in [2.45, 2.75) is 57.4 Å². The summed E-state index contributed by atoms with van der Waals surface area (Å²) in [5.41, 5.74) is 0.798. The minimum absolute atomic E-state index is 0.113. The van der Waals surface area contributed by atoms with E-state index in [-0.39, 0.29) is 16.4 Å². The van der Waals surface area contributed by atoms with E-state index in [1.807, 2.05) is 13.8 Å². The van der Waals surface area contributed by atoms with Crippen LogP contribution in [0.1, 0.15) is 55.5 Å². The number of sulfonamides is 1. The summed E-state index contributed by atoms with van der Waals surface area (Å²) in [6, 6.07) is 3.82. The summed E-state index contributed by atoms with van der Waals surface area (Å²) in [4.78, 5) is 24.9. The molecule has 156 valence electrons. The number of amides is 1. The van der Waals surface area contributed by atoms with Crippen LogP contribution in [0.3, 0.4) is 0 Å². The molecule has 1 aliphatic heterocycles. The smallest absolute Gasteiger partial charge is 0.328 e. The molecule has 1 fully saturated rings. The molecule has 0 spiro atoms. The second-order valence-electron chi connectivity index (χ2n) is 7.30. The average Bonchev–Trinajstić information content (AvgIpc) is 2.71. The third-order valence-corrected chi connectivity index (χ3v) is 7.38. The summed E-state index contributed by atoms with van der Waals surface area (Å²) in [7, 11) is -2.38. The number of piperidine rings is 1. The summed E-state index contributed by atoms with van der Waals surface area (Å²) >= 11 is 0. The highest BCUT2D eigenvalue weighted by molar-refractivity contribution is 7.89. The van der Waals surface area contributed by atoms with Gasteiger partial charge in [0.2, 0.25) is 10.0 Å². The van der Waals surface area contributed by atoms with Crippen molar-refractivity contribution >= 4 is 21.9 Å². The van der Waals surface area contributed by atoms with Crippen molar-refractivity contribution in [3.05, 3.63) is 29.3 Å². The van der Waals surface area contributed by atoms with E-state index < -0.39 is 27.9 Å². The number of hydrogen-bond acceptors (Lipinski definition) is 5. The third-order valence-electron chi connectivity index (χ3n) is 5.34. The van der Waals surface area contributed by atoms with Gasteiger partial charge in [-0.1, -0.05) is 32.8 Å². The van der Waals surface area contributed by atoms with E-state index in [2.05, 4.69) is 5.32 Å². The molecule has 7 nitrogen and oxygen atoms in total. The Labute approximate surface area is 167 Å². The average molecular weight is 411 g/mol. The number of nitrogens with one attached hydrogen (secondary N) is 1. The van der Waals surface area contributed by atoms with Gasteiger partial charge < -0.3 is 10.1 Å². The first-order chi connectivity index (χ1) is 13.2. The Bertz CT molecular complexity index is 816. The van der Waals surface area contributed by atoms with Gasteiger partial charge in [-0.15, -0.1) is 0 Å². The van der Waals surface area contributed by atoms with Crippen molar-refractivity contribution in [3.63, 3.8) is 0 Å². The number of ether oxygens (including phenoxy) is 1. The molecule has 0 aromatic heterocycles. The lowest BCUT2D eigenvalue weighted by Gasteiger charge is -2.27. The van der Waals surface area contributed by atoms with Gasteiger partial charge >= 0.3 is 5.97 Å². The molecule has 2 rings (SSSR count). The summed E-state index contributed by atoms with van der Waals surface area (Å²) in [5, 5.41) is 2.69. The number of esters is 1. The van der Waals surface area contributed by atoms with E-state index in [4.69, 9.17) is 4.74 Å². The predicted octanol–water partition coefficient (Wildman–Crippen LogP) is 2.49. The van der Waals surface area contributed by atoms with Crippen LogP contribution in [-0.4, -0.2) is 50.8 Å². The molecule has 0 radical (unpaired) electrons. The Morgan fingerprint density at radius 2 is 1.86 bits per heavy atom. The lowest BCUT2D eigenvalue weighted by molar-refractivity contribution is -0.144. The molecule has 0 bridgehead atoms. The maximum atomic E-state index is 13.0. The van der Waals surface area contributed by atoms with Crippen LogP contribution in [-0.2, 0) is 19.6 Å². The number of carbonyl (C=O) groups excluding carboxylic acids is 2. The molecular formula is C20H30N2O5S. The minimum atomic E-state index is -3.66. The third kappa shape index (κ3) is 4.91. The molecular weight excluding hydrogens is 380 g/mol. The predicted molar refractivity (Wildman–Crippen MR) is 107 cm³/mol. The van der Waals surface area contributed by atoms with Crippen molar-refractivity contribution in [2.24, 2.45) is 5.92 Å². The number of carbonyl (C=O) groups is 2. The van der Waals surface area contributed by atoms with Gasteiger partial charge in [0.25, 0.3) is 5.91 Å². The van der Waals surface area contributed by atoms with Crippen LogP contribution >= 0.6 is 0 Å². The van der Waals surface area contributed by atoms with E-state index in [1.54, 1.807) is 19.1 Å². The molecule has 1 heterocycles. The van der Waals surface area contributed by atoms with E-state index in [1.165, 1.54) is 17.5 Å². The molecule has 0 unspecified atom stereocenters. The van der Waals surface area contributed by atoms with Crippen molar-refractivity contribution in [2.75, 3.05) is 20.2 Å². The zero-order valence-corrected chi connectivity index (χ0v) is 17.8. The van der Waals surface area contributed by atoms with Crippen molar-refractivity contribution < 1.29 is 22.7 Å². The molecule has 0 aliphatic carbocycles. The minimum Gasteiger partial charge on any atom is -0.467 e. The van der Waals surface area contributed by atoms with Crippen LogP contribution in [0, 0.1) is 12.8 Å². The van der Waals surface area contributed by atoms with Crippen LogP contribution in [0.2, 0.25) is 0 Å². The fraction of sp³-hybridized carbons (Fsp3) is 0.600. The zero-order valence-electron chi connectivity index (χ0n) is 17.0. The lowest BCUT2D eigenvalue weighted by Crippen LogP contribution is -2.45. The van der Waals surface area contributed by atoms with Crippen molar-refractivity contribution in [1.82, 2.24) is 9.62 Å². The molecule has 8 heteroatoms. The van der Waals surface area contributed by atoms with Gasteiger partial charge in [-0.2, -0.15) is 4.31 Å². The molecule has 1 N–H and O–H groups in total. The van der Waals surface area contributed by atoms with Crippen molar-refractivity contribution in [3.8, 4) is 0 Å². The Balaban J connectivity index is 2.30. The van der Waals surface area contributed by atoms with Crippen LogP contribution in [0.15, 0.2) is 23.1 Å². The van der Waals surface area contributed by atoms with Gasteiger partial charge in [-0.05, 0) is 43.4 Å². The number of hydrogen-bond donors (Lipinski definition) is 1. The summed E-state index contributed by atoms with van der Waals surface area (Å²) in [6.45, 7) is 6.48. The van der Waals surface area contributed by atoms with Gasteiger partial charge in [0.1, 0.15) is 6.04 Å².